The fourth-order valence-corrected chi connectivity index (χ4v) is 1.90. The molecule has 0 saturated heterocycles. The topological polar surface area (TPSA) is 110 Å². The lowest BCUT2D eigenvalue weighted by Crippen LogP contribution is -2.25. The molecule has 2 N–H and O–H groups in total. The van der Waals surface area contributed by atoms with Gasteiger partial charge in [-0.1, -0.05) is 12.1 Å². The molecule has 0 saturated carbocycles. The largest absolute Gasteiger partial charge is 0.478 e. The van der Waals surface area contributed by atoms with Gasteiger partial charge >= 0.3 is 5.97 Å². The Labute approximate surface area is 129 Å². The van der Waals surface area contributed by atoms with Crippen LogP contribution in [-0.2, 0) is 6.54 Å². The van der Waals surface area contributed by atoms with Crippen LogP contribution in [0.3, 0.4) is 0 Å². The molecule has 0 radical (unpaired) electrons. The van der Waals surface area contributed by atoms with E-state index in [2.05, 4.69) is 5.32 Å². The number of carbonyl (C=O) groups excluding carboxylic acids is 1. The SMILES string of the molecule is O=C(O)c1cc([N+](=O)[O-])ccc1C(=O)NCc1ccc(F)cc1. The lowest BCUT2D eigenvalue weighted by molar-refractivity contribution is -0.384. The molecule has 0 atom stereocenters. The molecule has 8 heteroatoms. The Morgan fingerprint density at radius 1 is 1.13 bits per heavy atom. The first-order chi connectivity index (χ1) is 10.9. The molecule has 118 valence electrons. The summed E-state index contributed by atoms with van der Waals surface area (Å²) in [6, 6.07) is 8.38. The molecule has 0 unspecified atom stereocenters. The highest BCUT2D eigenvalue weighted by Gasteiger charge is 2.20. The first-order valence-electron chi connectivity index (χ1n) is 6.43. The normalized spacial score (nSPS) is 10.1. The summed E-state index contributed by atoms with van der Waals surface area (Å²) in [5.74, 6) is -2.55. The number of carboxylic acids is 1. The van der Waals surface area contributed by atoms with Crippen molar-refractivity contribution in [3.63, 3.8) is 0 Å². The second-order valence-corrected chi connectivity index (χ2v) is 4.60. The second-order valence-electron chi connectivity index (χ2n) is 4.60. The monoisotopic (exact) mass is 318 g/mol. The van der Waals surface area contributed by atoms with E-state index in [0.717, 1.165) is 18.2 Å². The van der Waals surface area contributed by atoms with Crippen LogP contribution in [0.4, 0.5) is 10.1 Å². The number of hydrogen-bond donors (Lipinski definition) is 2. The average Bonchev–Trinajstić information content (AvgIpc) is 2.53. The van der Waals surface area contributed by atoms with E-state index in [1.807, 2.05) is 0 Å². The minimum atomic E-state index is -1.44. The lowest BCUT2D eigenvalue weighted by atomic mass is 10.1. The van der Waals surface area contributed by atoms with Gasteiger partial charge in [-0.05, 0) is 23.8 Å². The molecule has 0 aliphatic rings. The molecular formula is C15H11FN2O5. The molecule has 2 aromatic rings. The van der Waals surface area contributed by atoms with E-state index < -0.39 is 33.9 Å². The number of nitro benzene ring substituents is 1. The maximum absolute atomic E-state index is 12.8. The van der Waals surface area contributed by atoms with Gasteiger partial charge in [0.1, 0.15) is 5.82 Å². The third-order valence-electron chi connectivity index (χ3n) is 3.06. The van der Waals surface area contributed by atoms with E-state index in [1.165, 1.54) is 24.3 Å². The number of hydrogen-bond acceptors (Lipinski definition) is 4. The molecule has 0 aliphatic heterocycles. The van der Waals surface area contributed by atoms with Crippen molar-refractivity contribution in [3.8, 4) is 0 Å². The molecule has 0 aromatic heterocycles. The number of aromatic carboxylic acids is 1. The van der Waals surface area contributed by atoms with E-state index >= 15 is 0 Å². The molecule has 7 nitrogen and oxygen atoms in total. The third-order valence-corrected chi connectivity index (χ3v) is 3.06. The number of nitro groups is 1. The Morgan fingerprint density at radius 3 is 2.35 bits per heavy atom. The highest BCUT2D eigenvalue weighted by atomic mass is 19.1. The first kappa shape index (κ1) is 16.1. The van der Waals surface area contributed by atoms with Crippen molar-refractivity contribution in [2.75, 3.05) is 0 Å². The van der Waals surface area contributed by atoms with Crippen LogP contribution in [0.5, 0.6) is 0 Å². The summed E-state index contributed by atoms with van der Waals surface area (Å²) in [6.07, 6.45) is 0. The molecule has 1 amide bonds. The van der Waals surface area contributed by atoms with Crippen LogP contribution >= 0.6 is 0 Å². The van der Waals surface area contributed by atoms with E-state index in [1.54, 1.807) is 0 Å². The quantitative estimate of drug-likeness (QED) is 0.649. The van der Waals surface area contributed by atoms with E-state index in [9.17, 15) is 24.1 Å². The number of carbonyl (C=O) groups is 2. The van der Waals surface area contributed by atoms with Crippen LogP contribution in [0.2, 0.25) is 0 Å². The fourth-order valence-electron chi connectivity index (χ4n) is 1.90. The zero-order valence-electron chi connectivity index (χ0n) is 11.7. The molecule has 0 fully saturated rings. The van der Waals surface area contributed by atoms with Gasteiger partial charge in [0.25, 0.3) is 11.6 Å². The van der Waals surface area contributed by atoms with Crippen LogP contribution in [0.25, 0.3) is 0 Å². The zero-order valence-corrected chi connectivity index (χ0v) is 11.7. The van der Waals surface area contributed by atoms with Gasteiger partial charge in [0, 0.05) is 18.7 Å². The number of benzene rings is 2. The van der Waals surface area contributed by atoms with E-state index in [0.29, 0.717) is 5.56 Å². The van der Waals surface area contributed by atoms with Gasteiger partial charge in [-0.25, -0.2) is 9.18 Å². The van der Waals surface area contributed by atoms with Crippen molar-refractivity contribution >= 4 is 17.6 Å². The minimum Gasteiger partial charge on any atom is -0.478 e. The van der Waals surface area contributed by atoms with Crippen molar-refractivity contribution in [3.05, 3.63) is 75.1 Å². The Bertz CT molecular complexity index is 774. The van der Waals surface area contributed by atoms with Crippen LogP contribution in [0.1, 0.15) is 26.3 Å². The first-order valence-corrected chi connectivity index (χ1v) is 6.43. The fraction of sp³-hybridized carbons (Fsp3) is 0.0667. The number of halogens is 1. The Kier molecular flexibility index (Phi) is 4.65. The standard InChI is InChI=1S/C15H11FN2O5/c16-10-3-1-9(2-4-10)8-17-14(19)12-6-5-11(18(22)23)7-13(12)15(20)21/h1-7H,8H2,(H,17,19)(H,20,21). The number of nitrogens with one attached hydrogen (secondary N) is 1. The molecule has 2 aromatic carbocycles. The lowest BCUT2D eigenvalue weighted by Gasteiger charge is -2.08. The number of amides is 1. The highest BCUT2D eigenvalue weighted by Crippen LogP contribution is 2.18. The van der Waals surface area contributed by atoms with Crippen molar-refractivity contribution in [2.24, 2.45) is 0 Å². The predicted molar refractivity (Wildman–Crippen MR) is 77.6 cm³/mol. The minimum absolute atomic E-state index is 0.0646. The Balaban J connectivity index is 2.19. The summed E-state index contributed by atoms with van der Waals surface area (Å²) in [7, 11) is 0. The van der Waals surface area contributed by atoms with Gasteiger partial charge in [-0.15, -0.1) is 0 Å². The summed E-state index contributed by atoms with van der Waals surface area (Å²) in [6.45, 7) is 0.0646. The Hall–Kier alpha value is -3.29. The van der Waals surface area contributed by atoms with Crippen molar-refractivity contribution < 1.29 is 24.0 Å². The van der Waals surface area contributed by atoms with E-state index in [-0.39, 0.29) is 12.1 Å². The van der Waals surface area contributed by atoms with Gasteiger partial charge < -0.3 is 10.4 Å². The van der Waals surface area contributed by atoms with Gasteiger partial charge in [-0.2, -0.15) is 0 Å². The number of nitrogens with zero attached hydrogens (tertiary/aromatic N) is 1. The van der Waals surface area contributed by atoms with Crippen molar-refractivity contribution in [2.45, 2.75) is 6.54 Å². The molecule has 0 aliphatic carbocycles. The molecule has 0 bridgehead atoms. The van der Waals surface area contributed by atoms with Crippen LogP contribution < -0.4 is 5.32 Å². The number of carboxylic acid groups (broad SMARTS) is 1. The summed E-state index contributed by atoms with van der Waals surface area (Å²) in [5, 5.41) is 22.3. The van der Waals surface area contributed by atoms with Gasteiger partial charge in [-0.3, -0.25) is 14.9 Å². The molecule has 2 rings (SSSR count). The molecule has 0 heterocycles. The van der Waals surface area contributed by atoms with Gasteiger partial charge in [0.05, 0.1) is 16.1 Å². The van der Waals surface area contributed by atoms with Crippen LogP contribution in [-0.4, -0.2) is 21.9 Å². The van der Waals surface area contributed by atoms with E-state index in [4.69, 9.17) is 5.11 Å². The summed E-state index contributed by atoms with van der Waals surface area (Å²) < 4.78 is 12.8. The summed E-state index contributed by atoms with van der Waals surface area (Å²) in [4.78, 5) is 33.2. The second kappa shape index (κ2) is 6.65. The van der Waals surface area contributed by atoms with Gasteiger partial charge in [0.2, 0.25) is 0 Å². The number of rotatable bonds is 5. The molecule has 23 heavy (non-hydrogen) atoms. The zero-order chi connectivity index (χ0) is 17.0. The van der Waals surface area contributed by atoms with Crippen LogP contribution in [0.15, 0.2) is 42.5 Å². The van der Waals surface area contributed by atoms with Crippen molar-refractivity contribution in [1.82, 2.24) is 5.32 Å². The third kappa shape index (κ3) is 3.88. The van der Waals surface area contributed by atoms with Crippen molar-refractivity contribution in [1.29, 1.82) is 0 Å². The maximum atomic E-state index is 12.8. The summed E-state index contributed by atoms with van der Waals surface area (Å²) in [5.41, 5.74) is -0.447. The number of non-ortho nitro benzene ring substituents is 1. The summed E-state index contributed by atoms with van der Waals surface area (Å²) >= 11 is 0. The van der Waals surface area contributed by atoms with Gasteiger partial charge in [0.15, 0.2) is 0 Å². The van der Waals surface area contributed by atoms with Crippen LogP contribution in [0, 0.1) is 15.9 Å². The average molecular weight is 318 g/mol. The Morgan fingerprint density at radius 2 is 1.78 bits per heavy atom. The molecule has 0 spiro atoms. The smallest absolute Gasteiger partial charge is 0.336 e. The molecular weight excluding hydrogens is 307 g/mol. The predicted octanol–water partition coefficient (Wildman–Crippen LogP) is 2.36. The highest BCUT2D eigenvalue weighted by molar-refractivity contribution is 6.05. The maximum Gasteiger partial charge on any atom is 0.336 e.